The second-order valence-electron chi connectivity index (χ2n) is 10.6. The van der Waals surface area contributed by atoms with Crippen molar-refractivity contribution >= 4 is 38.0 Å². The monoisotopic (exact) mass is 555 g/mol. The Hall–Kier alpha value is -4.11. The van der Waals surface area contributed by atoms with Crippen LogP contribution in [0.4, 0.5) is 0 Å². The third kappa shape index (κ3) is 5.47. The maximum Gasteiger partial charge on any atom is 0.264 e. The highest BCUT2D eigenvalue weighted by molar-refractivity contribution is 7.90. The van der Waals surface area contributed by atoms with Crippen molar-refractivity contribution in [1.82, 2.24) is 24.2 Å². The Morgan fingerprint density at radius 2 is 1.75 bits per heavy atom. The first kappa shape index (κ1) is 27.5. The molecule has 0 aliphatic carbocycles. The van der Waals surface area contributed by atoms with Gasteiger partial charge in [-0.05, 0) is 61.2 Å². The quantitative estimate of drug-likeness (QED) is 0.262. The van der Waals surface area contributed by atoms with Crippen LogP contribution < -0.4 is 4.72 Å². The molecule has 2 aromatic carbocycles. The van der Waals surface area contributed by atoms with Gasteiger partial charge in [0.05, 0.1) is 22.7 Å². The molecule has 0 unspecified atom stereocenters. The fraction of sp³-hybridized carbons (Fsp3) is 0.290. The Labute approximate surface area is 234 Å². The molecule has 1 amide bonds. The molecule has 0 bridgehead atoms. The number of carbonyl (C=O) groups excluding carboxylic acids is 1. The van der Waals surface area contributed by atoms with E-state index in [4.69, 9.17) is 15.0 Å². The standard InChI is InChI=1S/C31H33N5O3S/c1-6-28-34-30-20(4)16-21(5)32-31(30)36(28)18-22-11-13-25-23(17-22)12-14-26(33-25)24-9-7-8-10-27(24)40(38,39)35-29(37)15-19(2)3/h7-14,16-17,19H,6,15,18H2,1-5H3,(H,35,37). The minimum atomic E-state index is -4.06. The van der Waals surface area contributed by atoms with Crippen molar-refractivity contribution in [3.8, 4) is 11.3 Å². The van der Waals surface area contributed by atoms with Crippen molar-refractivity contribution in [1.29, 1.82) is 0 Å². The van der Waals surface area contributed by atoms with Crippen molar-refractivity contribution in [3.63, 3.8) is 0 Å². The summed E-state index contributed by atoms with van der Waals surface area (Å²) >= 11 is 0. The predicted molar refractivity (Wildman–Crippen MR) is 157 cm³/mol. The highest BCUT2D eigenvalue weighted by Gasteiger charge is 2.23. The van der Waals surface area contributed by atoms with Gasteiger partial charge < -0.3 is 4.57 Å². The maximum absolute atomic E-state index is 13.1. The first-order valence-electron chi connectivity index (χ1n) is 13.4. The minimum absolute atomic E-state index is 0.0211. The highest BCUT2D eigenvalue weighted by Crippen LogP contribution is 2.28. The van der Waals surface area contributed by atoms with E-state index in [1.165, 1.54) is 6.07 Å². The van der Waals surface area contributed by atoms with E-state index in [0.717, 1.165) is 51.1 Å². The summed E-state index contributed by atoms with van der Waals surface area (Å²) in [5.74, 6) is 0.507. The second kappa shape index (κ2) is 10.8. The topological polar surface area (TPSA) is 107 Å². The zero-order chi connectivity index (χ0) is 28.6. The van der Waals surface area contributed by atoms with Gasteiger partial charge in [0.1, 0.15) is 11.3 Å². The fourth-order valence-corrected chi connectivity index (χ4v) is 6.23. The average Bonchev–Trinajstić information content (AvgIpc) is 3.25. The molecular formula is C31H33N5O3S. The number of aromatic nitrogens is 4. The Kier molecular flexibility index (Phi) is 7.42. The number of amides is 1. The molecule has 3 aromatic heterocycles. The molecule has 3 heterocycles. The highest BCUT2D eigenvalue weighted by atomic mass is 32.2. The first-order chi connectivity index (χ1) is 19.1. The number of nitrogens with one attached hydrogen (secondary N) is 1. The summed E-state index contributed by atoms with van der Waals surface area (Å²) in [6.45, 7) is 10.5. The van der Waals surface area contributed by atoms with Crippen LogP contribution in [0.5, 0.6) is 0 Å². The molecule has 5 aromatic rings. The summed E-state index contributed by atoms with van der Waals surface area (Å²) in [5, 5.41) is 0.939. The molecule has 0 aliphatic heterocycles. The summed E-state index contributed by atoms with van der Waals surface area (Å²) in [7, 11) is -4.06. The van der Waals surface area contributed by atoms with Gasteiger partial charge in [-0.25, -0.2) is 28.1 Å². The first-order valence-corrected chi connectivity index (χ1v) is 14.9. The fourth-order valence-electron chi connectivity index (χ4n) is 5.02. The average molecular weight is 556 g/mol. The number of nitrogens with zero attached hydrogens (tertiary/aromatic N) is 4. The van der Waals surface area contributed by atoms with Crippen LogP contribution >= 0.6 is 0 Å². The smallest absolute Gasteiger partial charge is 0.264 e. The van der Waals surface area contributed by atoms with Gasteiger partial charge in [0.15, 0.2) is 5.65 Å². The molecule has 9 heteroatoms. The number of hydrogen-bond acceptors (Lipinski definition) is 6. The molecule has 0 saturated carbocycles. The van der Waals surface area contributed by atoms with Crippen molar-refractivity contribution in [3.05, 3.63) is 83.3 Å². The Balaban J connectivity index is 1.48. The van der Waals surface area contributed by atoms with E-state index in [1.54, 1.807) is 18.2 Å². The van der Waals surface area contributed by atoms with Gasteiger partial charge in [0.2, 0.25) is 5.91 Å². The number of benzene rings is 2. The van der Waals surface area contributed by atoms with Crippen LogP contribution in [0.15, 0.2) is 65.6 Å². The zero-order valence-corrected chi connectivity index (χ0v) is 24.2. The summed E-state index contributed by atoms with van der Waals surface area (Å²) in [4.78, 5) is 26.7. The lowest BCUT2D eigenvalue weighted by Crippen LogP contribution is -2.31. The molecule has 1 N–H and O–H groups in total. The van der Waals surface area contributed by atoms with Gasteiger partial charge in [-0.3, -0.25) is 4.79 Å². The molecule has 206 valence electrons. The van der Waals surface area contributed by atoms with Crippen molar-refractivity contribution in [2.24, 2.45) is 5.92 Å². The van der Waals surface area contributed by atoms with Gasteiger partial charge in [0, 0.05) is 29.5 Å². The SMILES string of the molecule is CCc1nc2c(C)cc(C)nc2n1Cc1ccc2nc(-c3ccccc3S(=O)(=O)NC(=O)CC(C)C)ccc2c1. The van der Waals surface area contributed by atoms with Crippen molar-refractivity contribution < 1.29 is 13.2 Å². The van der Waals surface area contributed by atoms with Crippen LogP contribution in [0, 0.1) is 19.8 Å². The van der Waals surface area contributed by atoms with Crippen LogP contribution in [-0.2, 0) is 27.8 Å². The summed E-state index contributed by atoms with van der Waals surface area (Å²) in [6.07, 6.45) is 0.926. The molecule has 0 radical (unpaired) electrons. The van der Waals surface area contributed by atoms with Crippen molar-refractivity contribution in [2.45, 2.75) is 58.9 Å². The number of pyridine rings is 2. The molecule has 0 saturated heterocycles. The zero-order valence-electron chi connectivity index (χ0n) is 23.4. The lowest BCUT2D eigenvalue weighted by Gasteiger charge is -2.13. The molecule has 5 rings (SSSR count). The Morgan fingerprint density at radius 1 is 0.975 bits per heavy atom. The Morgan fingerprint density at radius 3 is 2.50 bits per heavy atom. The van der Waals surface area contributed by atoms with E-state index < -0.39 is 15.9 Å². The van der Waals surface area contributed by atoms with Crippen LogP contribution in [0.3, 0.4) is 0 Å². The molecule has 0 aliphatic rings. The van der Waals surface area contributed by atoms with Crippen LogP contribution in [0.2, 0.25) is 0 Å². The molecule has 8 nitrogen and oxygen atoms in total. The lowest BCUT2D eigenvalue weighted by atomic mass is 10.1. The van der Waals surface area contributed by atoms with E-state index in [2.05, 4.69) is 35.3 Å². The van der Waals surface area contributed by atoms with Gasteiger partial charge in [-0.15, -0.1) is 0 Å². The van der Waals surface area contributed by atoms with Gasteiger partial charge in [0.25, 0.3) is 10.0 Å². The lowest BCUT2D eigenvalue weighted by molar-refractivity contribution is -0.120. The normalized spacial score (nSPS) is 11.9. The van der Waals surface area contributed by atoms with E-state index in [1.807, 2.05) is 45.0 Å². The number of sulfonamides is 1. The third-order valence-electron chi connectivity index (χ3n) is 6.81. The predicted octanol–water partition coefficient (Wildman–Crippen LogP) is 5.73. The van der Waals surface area contributed by atoms with Gasteiger partial charge >= 0.3 is 0 Å². The summed E-state index contributed by atoms with van der Waals surface area (Å²) < 4.78 is 30.6. The number of hydrogen-bond donors (Lipinski definition) is 1. The van der Waals surface area contributed by atoms with Crippen molar-refractivity contribution in [2.75, 3.05) is 0 Å². The van der Waals surface area contributed by atoms with Gasteiger partial charge in [-0.2, -0.15) is 0 Å². The van der Waals surface area contributed by atoms with Crippen LogP contribution in [0.25, 0.3) is 33.3 Å². The number of imidazole rings is 1. The number of aryl methyl sites for hydroxylation is 3. The minimum Gasteiger partial charge on any atom is -0.308 e. The van der Waals surface area contributed by atoms with Crippen LogP contribution in [-0.4, -0.2) is 33.8 Å². The summed E-state index contributed by atoms with van der Waals surface area (Å²) in [5.41, 5.74) is 6.69. The largest absolute Gasteiger partial charge is 0.308 e. The molecule has 40 heavy (non-hydrogen) atoms. The number of carbonyl (C=O) groups is 1. The molecule has 0 fully saturated rings. The Bertz CT molecular complexity index is 1860. The summed E-state index contributed by atoms with van der Waals surface area (Å²) in [6, 6.07) is 18.5. The van der Waals surface area contributed by atoms with E-state index in [-0.39, 0.29) is 17.2 Å². The molecule has 0 atom stereocenters. The van der Waals surface area contributed by atoms with Gasteiger partial charge in [-0.1, -0.05) is 51.1 Å². The van der Waals surface area contributed by atoms with E-state index in [0.29, 0.717) is 17.8 Å². The van der Waals surface area contributed by atoms with Crippen LogP contribution in [0.1, 0.15) is 49.8 Å². The van der Waals surface area contributed by atoms with E-state index >= 15 is 0 Å². The maximum atomic E-state index is 13.1. The number of rotatable bonds is 8. The van der Waals surface area contributed by atoms with E-state index in [9.17, 15) is 13.2 Å². The third-order valence-corrected chi connectivity index (χ3v) is 8.24. The molecule has 0 spiro atoms. The second-order valence-corrected chi connectivity index (χ2v) is 12.2. The number of fused-ring (bicyclic) bond motifs is 2. The molecular weight excluding hydrogens is 522 g/mol.